The minimum Gasteiger partial charge on any atom is -0.496 e. The topological polar surface area (TPSA) is 9.23 Å². The molecule has 3 rings (SSSR count). The van der Waals surface area contributed by atoms with Crippen molar-refractivity contribution in [1.29, 1.82) is 0 Å². The molecule has 0 aliphatic heterocycles. The summed E-state index contributed by atoms with van der Waals surface area (Å²) in [6.07, 6.45) is 0. The van der Waals surface area contributed by atoms with Crippen LogP contribution < -0.4 is 4.74 Å². The first-order valence-corrected chi connectivity index (χ1v) is 8.33. The lowest BCUT2D eigenvalue weighted by Gasteiger charge is -2.13. The third-order valence-electron chi connectivity index (χ3n) is 3.50. The van der Waals surface area contributed by atoms with Gasteiger partial charge in [0.05, 0.1) is 10.7 Å². The van der Waals surface area contributed by atoms with Crippen molar-refractivity contribution in [3.05, 3.63) is 75.3 Å². The molecule has 0 spiro atoms. The Hall–Kier alpha value is -1.52. The van der Waals surface area contributed by atoms with E-state index in [2.05, 4.69) is 52.9 Å². The van der Waals surface area contributed by atoms with Crippen molar-refractivity contribution < 1.29 is 4.74 Å². The summed E-state index contributed by atoms with van der Waals surface area (Å²) in [5.41, 5.74) is 4.52. The number of hydrogen-bond donors (Lipinski definition) is 0. The molecule has 0 bridgehead atoms. The van der Waals surface area contributed by atoms with Crippen LogP contribution in [-0.2, 0) is 0 Å². The van der Waals surface area contributed by atoms with Gasteiger partial charge in [-0.2, -0.15) is 0 Å². The van der Waals surface area contributed by atoms with Gasteiger partial charge in [0, 0.05) is 5.02 Å². The number of methoxy groups -OCH3 is 1. The predicted molar refractivity (Wildman–Crippen MR) is 102 cm³/mol. The molecule has 110 valence electrons. The van der Waals surface area contributed by atoms with Crippen molar-refractivity contribution in [3.63, 3.8) is 0 Å². The summed E-state index contributed by atoms with van der Waals surface area (Å²) >= 11 is 8.47. The van der Waals surface area contributed by atoms with E-state index in [1.807, 2.05) is 36.4 Å². The van der Waals surface area contributed by atoms with E-state index in [-0.39, 0.29) is 0 Å². The van der Waals surface area contributed by atoms with Crippen LogP contribution >= 0.6 is 34.2 Å². The minimum atomic E-state index is 0.734. The molecule has 0 saturated carbocycles. The van der Waals surface area contributed by atoms with Gasteiger partial charge in [-0.25, -0.2) is 0 Å². The van der Waals surface area contributed by atoms with Gasteiger partial charge in [-0.15, -0.1) is 0 Å². The standard InChI is InChI=1S/C19H14ClIO/c1-22-18-12-15(13-6-3-2-4-7-13)11-17(19(18)21)14-8-5-9-16(20)10-14/h2-12H,1H3. The lowest BCUT2D eigenvalue weighted by Crippen LogP contribution is -1.92. The normalized spacial score (nSPS) is 10.5. The fourth-order valence-corrected chi connectivity index (χ4v) is 3.44. The van der Waals surface area contributed by atoms with Gasteiger partial charge in [0.15, 0.2) is 0 Å². The molecule has 0 aliphatic carbocycles. The van der Waals surface area contributed by atoms with Crippen LogP contribution in [0.5, 0.6) is 5.75 Å². The molecule has 0 amide bonds. The predicted octanol–water partition coefficient (Wildman–Crippen LogP) is 6.29. The van der Waals surface area contributed by atoms with Gasteiger partial charge in [0.2, 0.25) is 0 Å². The van der Waals surface area contributed by atoms with E-state index < -0.39 is 0 Å². The van der Waals surface area contributed by atoms with E-state index in [1.165, 1.54) is 5.56 Å². The summed E-state index contributed by atoms with van der Waals surface area (Å²) in [5, 5.41) is 0.734. The number of ether oxygens (including phenoxy) is 1. The third kappa shape index (κ3) is 3.13. The summed E-state index contributed by atoms with van der Waals surface area (Å²) in [6, 6.07) is 22.5. The van der Waals surface area contributed by atoms with Crippen LogP contribution in [0.3, 0.4) is 0 Å². The quantitative estimate of drug-likeness (QED) is 0.453. The maximum atomic E-state index is 6.14. The summed E-state index contributed by atoms with van der Waals surface area (Å²) in [7, 11) is 1.70. The van der Waals surface area contributed by atoms with E-state index >= 15 is 0 Å². The fourth-order valence-electron chi connectivity index (χ4n) is 2.41. The first-order chi connectivity index (χ1) is 10.7. The second kappa shape index (κ2) is 6.71. The molecule has 0 atom stereocenters. The summed E-state index contributed by atoms with van der Waals surface area (Å²) in [4.78, 5) is 0. The number of halogens is 2. The van der Waals surface area contributed by atoms with Crippen LogP contribution in [-0.4, -0.2) is 7.11 Å². The molecular formula is C19H14ClIO. The van der Waals surface area contributed by atoms with Crippen LogP contribution in [0.4, 0.5) is 0 Å². The third-order valence-corrected chi connectivity index (χ3v) is 4.85. The first kappa shape index (κ1) is 15.4. The molecule has 0 heterocycles. The summed E-state index contributed by atoms with van der Waals surface area (Å²) < 4.78 is 6.64. The molecule has 0 N–H and O–H groups in total. The molecule has 0 radical (unpaired) electrons. The van der Waals surface area contributed by atoms with Crippen LogP contribution in [0.15, 0.2) is 66.7 Å². The fraction of sp³-hybridized carbons (Fsp3) is 0.0526. The molecule has 3 aromatic carbocycles. The Morgan fingerprint density at radius 3 is 2.23 bits per heavy atom. The molecule has 0 aliphatic rings. The maximum absolute atomic E-state index is 6.14. The van der Waals surface area contributed by atoms with Crippen molar-refractivity contribution in [2.75, 3.05) is 7.11 Å². The van der Waals surface area contributed by atoms with E-state index in [0.717, 1.165) is 31.0 Å². The SMILES string of the molecule is COc1cc(-c2ccccc2)cc(-c2cccc(Cl)c2)c1I. The van der Waals surface area contributed by atoms with E-state index in [4.69, 9.17) is 16.3 Å². The van der Waals surface area contributed by atoms with Crippen molar-refractivity contribution in [2.45, 2.75) is 0 Å². The van der Waals surface area contributed by atoms with Gasteiger partial charge in [-0.3, -0.25) is 0 Å². The zero-order valence-electron chi connectivity index (χ0n) is 12.0. The zero-order valence-corrected chi connectivity index (χ0v) is 14.9. The van der Waals surface area contributed by atoms with Crippen LogP contribution in [0.2, 0.25) is 5.02 Å². The molecule has 3 heteroatoms. The smallest absolute Gasteiger partial charge is 0.133 e. The Morgan fingerprint density at radius 1 is 0.818 bits per heavy atom. The number of benzene rings is 3. The van der Waals surface area contributed by atoms with Crippen molar-refractivity contribution in [1.82, 2.24) is 0 Å². The van der Waals surface area contributed by atoms with Gasteiger partial charge in [-0.05, 0) is 69.1 Å². The summed E-state index contributed by atoms with van der Waals surface area (Å²) in [5.74, 6) is 0.872. The Balaban J connectivity index is 2.21. The zero-order chi connectivity index (χ0) is 15.5. The lowest BCUT2D eigenvalue weighted by molar-refractivity contribution is 0.412. The van der Waals surface area contributed by atoms with Gasteiger partial charge in [0.25, 0.3) is 0 Å². The van der Waals surface area contributed by atoms with Gasteiger partial charge in [-0.1, -0.05) is 54.1 Å². The average molecular weight is 421 g/mol. The molecule has 22 heavy (non-hydrogen) atoms. The van der Waals surface area contributed by atoms with E-state index in [9.17, 15) is 0 Å². The number of hydrogen-bond acceptors (Lipinski definition) is 1. The average Bonchev–Trinajstić information content (AvgIpc) is 2.56. The molecule has 0 unspecified atom stereocenters. The highest BCUT2D eigenvalue weighted by atomic mass is 127. The van der Waals surface area contributed by atoms with Gasteiger partial charge in [0.1, 0.15) is 5.75 Å². The van der Waals surface area contributed by atoms with Gasteiger partial charge < -0.3 is 4.74 Å². The van der Waals surface area contributed by atoms with Gasteiger partial charge >= 0.3 is 0 Å². The van der Waals surface area contributed by atoms with Crippen molar-refractivity contribution >= 4 is 34.2 Å². The monoisotopic (exact) mass is 420 g/mol. The summed E-state index contributed by atoms with van der Waals surface area (Å²) in [6.45, 7) is 0. The minimum absolute atomic E-state index is 0.734. The molecule has 0 saturated heterocycles. The number of rotatable bonds is 3. The molecular weight excluding hydrogens is 407 g/mol. The van der Waals surface area contributed by atoms with Crippen LogP contribution in [0.25, 0.3) is 22.3 Å². The Morgan fingerprint density at radius 2 is 1.55 bits per heavy atom. The maximum Gasteiger partial charge on any atom is 0.133 e. The van der Waals surface area contributed by atoms with E-state index in [1.54, 1.807) is 7.11 Å². The Labute approximate surface area is 149 Å². The van der Waals surface area contributed by atoms with Crippen molar-refractivity contribution in [2.24, 2.45) is 0 Å². The van der Waals surface area contributed by atoms with Crippen LogP contribution in [0.1, 0.15) is 0 Å². The Bertz CT molecular complexity index is 800. The second-order valence-electron chi connectivity index (χ2n) is 4.92. The molecule has 3 aromatic rings. The lowest BCUT2D eigenvalue weighted by atomic mass is 9.98. The van der Waals surface area contributed by atoms with Crippen molar-refractivity contribution in [3.8, 4) is 28.0 Å². The van der Waals surface area contributed by atoms with E-state index in [0.29, 0.717) is 0 Å². The molecule has 1 nitrogen and oxygen atoms in total. The molecule has 0 fully saturated rings. The highest BCUT2D eigenvalue weighted by Crippen LogP contribution is 2.37. The largest absolute Gasteiger partial charge is 0.496 e. The van der Waals surface area contributed by atoms with Crippen LogP contribution in [0, 0.1) is 3.57 Å². The molecule has 0 aromatic heterocycles. The second-order valence-corrected chi connectivity index (χ2v) is 6.43. The first-order valence-electron chi connectivity index (χ1n) is 6.88. The highest BCUT2D eigenvalue weighted by Gasteiger charge is 2.12. The highest BCUT2D eigenvalue weighted by molar-refractivity contribution is 14.1. The Kier molecular flexibility index (Phi) is 4.69.